The predicted molar refractivity (Wildman–Crippen MR) is 132 cm³/mol. The van der Waals surface area contributed by atoms with Gasteiger partial charge < -0.3 is 20.0 Å². The number of pyridine rings is 1. The molecule has 8 heteroatoms. The largest absolute Gasteiger partial charge is 0.357 e. The molecular weight excluding hydrogens is 494 g/mol. The molecule has 1 fully saturated rings. The summed E-state index contributed by atoms with van der Waals surface area (Å²) < 4.78 is 14.0. The molecule has 0 amide bonds. The highest BCUT2D eigenvalue weighted by atomic mass is 127. The van der Waals surface area contributed by atoms with Gasteiger partial charge in [-0.25, -0.2) is 14.4 Å². The van der Waals surface area contributed by atoms with E-state index < -0.39 is 0 Å². The predicted octanol–water partition coefficient (Wildman–Crippen LogP) is 3.19. The number of hydrogen-bond donors (Lipinski definition) is 1. The van der Waals surface area contributed by atoms with Crippen LogP contribution in [0.2, 0.25) is 0 Å². The van der Waals surface area contributed by atoms with Gasteiger partial charge in [-0.1, -0.05) is 12.1 Å². The Bertz CT molecular complexity index is 807. The molecule has 1 aromatic carbocycles. The van der Waals surface area contributed by atoms with Crippen LogP contribution in [-0.2, 0) is 13.1 Å². The molecule has 0 atom stereocenters. The van der Waals surface area contributed by atoms with E-state index in [1.165, 1.54) is 0 Å². The van der Waals surface area contributed by atoms with Crippen LogP contribution in [0.1, 0.15) is 18.1 Å². The fraction of sp³-hybridized carbons (Fsp3) is 0.455. The van der Waals surface area contributed by atoms with Gasteiger partial charge in [-0.15, -0.1) is 24.0 Å². The van der Waals surface area contributed by atoms with E-state index in [9.17, 15) is 4.39 Å². The molecule has 0 bridgehead atoms. The zero-order chi connectivity index (χ0) is 20.6. The first-order valence-electron chi connectivity index (χ1n) is 10.2. The molecule has 1 N–H and O–H groups in total. The normalized spacial score (nSPS) is 14.6. The molecule has 0 unspecified atom stereocenters. The Morgan fingerprint density at radius 3 is 2.57 bits per heavy atom. The van der Waals surface area contributed by atoms with Crippen molar-refractivity contribution in [3.63, 3.8) is 0 Å². The summed E-state index contributed by atoms with van der Waals surface area (Å²) in [5.74, 6) is 1.77. The van der Waals surface area contributed by atoms with E-state index in [2.05, 4.69) is 33.1 Å². The summed E-state index contributed by atoms with van der Waals surface area (Å²) in [6.45, 7) is 7.59. The molecule has 0 aliphatic carbocycles. The van der Waals surface area contributed by atoms with E-state index in [1.54, 1.807) is 6.07 Å². The first-order valence-corrected chi connectivity index (χ1v) is 10.2. The standard InChI is InChI=1S/C22H31FN6.HI/c1-4-24-22(26-16-18-8-9-20(23)19(15-18)17-27(2)3)29-13-11-28(12-14-29)21-7-5-6-10-25-21;/h5-10,15H,4,11-14,16-17H2,1-3H3,(H,24,26);1H. The number of guanidine groups is 1. The minimum Gasteiger partial charge on any atom is -0.357 e. The van der Waals surface area contributed by atoms with E-state index >= 15 is 0 Å². The van der Waals surface area contributed by atoms with Gasteiger partial charge in [-0.3, -0.25) is 0 Å². The summed E-state index contributed by atoms with van der Waals surface area (Å²) in [5.41, 5.74) is 1.72. The van der Waals surface area contributed by atoms with Crippen LogP contribution in [-0.4, -0.2) is 67.6 Å². The van der Waals surface area contributed by atoms with Crippen LogP contribution in [0.5, 0.6) is 0 Å². The van der Waals surface area contributed by atoms with Gasteiger partial charge in [0.15, 0.2) is 5.96 Å². The topological polar surface area (TPSA) is 47.0 Å². The van der Waals surface area contributed by atoms with Gasteiger partial charge in [0.05, 0.1) is 6.54 Å². The summed E-state index contributed by atoms with van der Waals surface area (Å²) >= 11 is 0. The lowest BCUT2D eigenvalue weighted by molar-refractivity contribution is 0.371. The Labute approximate surface area is 196 Å². The lowest BCUT2D eigenvalue weighted by Gasteiger charge is -2.37. The van der Waals surface area contributed by atoms with Crippen molar-refractivity contribution in [1.82, 2.24) is 20.1 Å². The number of benzene rings is 1. The molecule has 0 spiro atoms. The Kier molecular flexibility index (Phi) is 9.77. The Morgan fingerprint density at radius 2 is 1.93 bits per heavy atom. The quantitative estimate of drug-likeness (QED) is 0.356. The first-order chi connectivity index (χ1) is 14.1. The fourth-order valence-electron chi connectivity index (χ4n) is 3.47. The van der Waals surface area contributed by atoms with Crippen molar-refractivity contribution < 1.29 is 4.39 Å². The van der Waals surface area contributed by atoms with Crippen LogP contribution in [0.15, 0.2) is 47.6 Å². The van der Waals surface area contributed by atoms with E-state index in [1.807, 2.05) is 49.5 Å². The number of aliphatic imine (C=N–C) groups is 1. The van der Waals surface area contributed by atoms with E-state index in [0.717, 1.165) is 50.1 Å². The van der Waals surface area contributed by atoms with Crippen LogP contribution in [0.4, 0.5) is 10.2 Å². The number of nitrogens with zero attached hydrogens (tertiary/aromatic N) is 5. The van der Waals surface area contributed by atoms with Crippen LogP contribution in [0.25, 0.3) is 0 Å². The number of piperazine rings is 1. The molecule has 0 radical (unpaired) electrons. The third-order valence-electron chi connectivity index (χ3n) is 4.90. The minimum absolute atomic E-state index is 0. The maximum Gasteiger partial charge on any atom is 0.194 e. The van der Waals surface area contributed by atoms with Crippen molar-refractivity contribution in [2.45, 2.75) is 20.0 Å². The maximum absolute atomic E-state index is 14.0. The zero-order valence-corrected chi connectivity index (χ0v) is 20.3. The molecule has 1 aromatic heterocycles. The lowest BCUT2D eigenvalue weighted by Crippen LogP contribution is -2.52. The van der Waals surface area contributed by atoms with Gasteiger partial charge in [0, 0.05) is 51.0 Å². The average molecular weight is 526 g/mol. The smallest absolute Gasteiger partial charge is 0.194 e. The molecule has 2 aromatic rings. The summed E-state index contributed by atoms with van der Waals surface area (Å²) in [5, 5.41) is 3.39. The van der Waals surface area contributed by atoms with Crippen molar-refractivity contribution >= 4 is 35.8 Å². The molecule has 1 aliphatic rings. The fourth-order valence-corrected chi connectivity index (χ4v) is 3.47. The number of hydrogen-bond acceptors (Lipinski definition) is 4. The second-order valence-electron chi connectivity index (χ2n) is 7.50. The van der Waals surface area contributed by atoms with Gasteiger partial charge in [-0.05, 0) is 50.8 Å². The second-order valence-corrected chi connectivity index (χ2v) is 7.50. The van der Waals surface area contributed by atoms with Gasteiger partial charge in [0.1, 0.15) is 11.6 Å². The summed E-state index contributed by atoms with van der Waals surface area (Å²) in [4.78, 5) is 15.8. The first kappa shape index (κ1) is 24.3. The Balaban J connectivity index is 0.00000320. The minimum atomic E-state index is -0.163. The number of nitrogens with one attached hydrogen (secondary N) is 1. The highest BCUT2D eigenvalue weighted by Gasteiger charge is 2.20. The summed E-state index contributed by atoms with van der Waals surface area (Å²) in [7, 11) is 3.89. The number of anilines is 1. The van der Waals surface area contributed by atoms with Gasteiger partial charge in [0.25, 0.3) is 0 Å². The molecular formula is C22H32FIN6. The van der Waals surface area contributed by atoms with Gasteiger partial charge in [0.2, 0.25) is 0 Å². The number of halogens is 2. The van der Waals surface area contributed by atoms with Crippen molar-refractivity contribution in [3.05, 3.63) is 59.5 Å². The van der Waals surface area contributed by atoms with E-state index in [-0.39, 0.29) is 29.8 Å². The van der Waals surface area contributed by atoms with Crippen LogP contribution < -0.4 is 10.2 Å². The van der Waals surface area contributed by atoms with Crippen LogP contribution in [0, 0.1) is 5.82 Å². The van der Waals surface area contributed by atoms with E-state index in [0.29, 0.717) is 18.7 Å². The molecule has 1 aliphatic heterocycles. The SMILES string of the molecule is CCNC(=NCc1ccc(F)c(CN(C)C)c1)N1CCN(c2ccccn2)CC1.I. The molecule has 3 rings (SSSR count). The Morgan fingerprint density at radius 1 is 1.17 bits per heavy atom. The van der Waals surface area contributed by atoms with Crippen LogP contribution >= 0.6 is 24.0 Å². The molecule has 1 saturated heterocycles. The lowest BCUT2D eigenvalue weighted by atomic mass is 10.1. The van der Waals surface area contributed by atoms with Crippen molar-refractivity contribution in [2.75, 3.05) is 51.7 Å². The van der Waals surface area contributed by atoms with Crippen molar-refractivity contribution in [3.8, 4) is 0 Å². The summed E-state index contributed by atoms with van der Waals surface area (Å²) in [6.07, 6.45) is 1.83. The number of rotatable bonds is 6. The molecule has 30 heavy (non-hydrogen) atoms. The molecule has 0 saturated carbocycles. The van der Waals surface area contributed by atoms with Crippen LogP contribution in [0.3, 0.4) is 0 Å². The summed E-state index contributed by atoms with van der Waals surface area (Å²) in [6, 6.07) is 11.3. The van der Waals surface area contributed by atoms with E-state index in [4.69, 9.17) is 4.99 Å². The van der Waals surface area contributed by atoms with Crippen molar-refractivity contribution in [2.24, 2.45) is 4.99 Å². The third-order valence-corrected chi connectivity index (χ3v) is 4.90. The highest BCUT2D eigenvalue weighted by Crippen LogP contribution is 2.15. The number of aromatic nitrogens is 1. The maximum atomic E-state index is 14.0. The van der Waals surface area contributed by atoms with Gasteiger partial charge in [-0.2, -0.15) is 0 Å². The molecule has 6 nitrogen and oxygen atoms in total. The average Bonchev–Trinajstić information content (AvgIpc) is 2.74. The van der Waals surface area contributed by atoms with Gasteiger partial charge >= 0.3 is 0 Å². The monoisotopic (exact) mass is 526 g/mol. The molecule has 164 valence electrons. The second kappa shape index (κ2) is 12.0. The Hall–Kier alpha value is -1.94. The zero-order valence-electron chi connectivity index (χ0n) is 18.0. The van der Waals surface area contributed by atoms with Crippen molar-refractivity contribution in [1.29, 1.82) is 0 Å². The highest BCUT2D eigenvalue weighted by molar-refractivity contribution is 14.0. The third kappa shape index (κ3) is 6.80. The molecule has 2 heterocycles.